The molecule has 0 atom stereocenters. The molecule has 0 aliphatic carbocycles. The minimum absolute atomic E-state index is 0.206. The van der Waals surface area contributed by atoms with Crippen LogP contribution in [0.4, 0.5) is 0 Å². The van der Waals surface area contributed by atoms with Crippen LogP contribution in [0.25, 0.3) is 0 Å². The van der Waals surface area contributed by atoms with Crippen molar-refractivity contribution in [3.05, 3.63) is 0 Å². The monoisotopic (exact) mass is 169 g/mol. The van der Waals surface area contributed by atoms with Crippen LogP contribution in [-0.2, 0) is 4.79 Å². The van der Waals surface area contributed by atoms with E-state index >= 15 is 0 Å². The Morgan fingerprint density at radius 1 is 1.58 bits per heavy atom. The lowest BCUT2D eigenvalue weighted by Gasteiger charge is -2.06. The van der Waals surface area contributed by atoms with Crippen LogP contribution in [0.15, 0.2) is 0 Å². The van der Waals surface area contributed by atoms with E-state index in [-0.39, 0.29) is 5.91 Å². The molecule has 2 N–H and O–H groups in total. The van der Waals surface area contributed by atoms with E-state index in [1.54, 1.807) is 6.19 Å². The Kier molecular flexibility index (Phi) is 6.02. The molecular formula is C8H15N3O. The van der Waals surface area contributed by atoms with E-state index in [2.05, 4.69) is 24.5 Å². The molecule has 0 aliphatic heterocycles. The van der Waals surface area contributed by atoms with Crippen molar-refractivity contribution in [3.8, 4) is 6.19 Å². The van der Waals surface area contributed by atoms with Crippen molar-refractivity contribution in [1.82, 2.24) is 10.6 Å². The first kappa shape index (κ1) is 10.9. The van der Waals surface area contributed by atoms with Gasteiger partial charge in [-0.3, -0.25) is 10.1 Å². The third-order valence-corrected chi connectivity index (χ3v) is 1.33. The predicted octanol–water partition coefficient (Wildman–Crippen LogP) is 0.362. The Morgan fingerprint density at radius 2 is 2.25 bits per heavy atom. The van der Waals surface area contributed by atoms with E-state index in [1.165, 1.54) is 0 Å². The molecule has 0 saturated heterocycles. The van der Waals surface area contributed by atoms with Crippen molar-refractivity contribution < 1.29 is 4.79 Å². The molecule has 0 bridgehead atoms. The molecule has 0 unspecified atom stereocenters. The molecule has 0 heterocycles. The fourth-order valence-corrected chi connectivity index (χ4v) is 0.765. The highest BCUT2D eigenvalue weighted by Gasteiger charge is 1.98. The van der Waals surface area contributed by atoms with Gasteiger partial charge < -0.3 is 5.32 Å². The zero-order valence-corrected chi connectivity index (χ0v) is 7.55. The number of hydrogen-bond acceptors (Lipinski definition) is 3. The summed E-state index contributed by atoms with van der Waals surface area (Å²) in [5.74, 6) is -0.206. The number of nitrogens with one attached hydrogen (secondary N) is 2. The van der Waals surface area contributed by atoms with Crippen LogP contribution < -0.4 is 10.6 Å². The summed E-state index contributed by atoms with van der Waals surface area (Å²) >= 11 is 0. The normalized spacial score (nSPS) is 9.50. The van der Waals surface area contributed by atoms with E-state index in [4.69, 9.17) is 5.26 Å². The first-order chi connectivity index (χ1) is 5.66. The fraction of sp³-hybridized carbons (Fsp3) is 0.750. The lowest BCUT2D eigenvalue weighted by molar-refractivity contribution is -0.120. The SMILES string of the molecule is CC(C)NCCCC(=O)NC#N. The molecule has 0 radical (unpaired) electrons. The lowest BCUT2D eigenvalue weighted by Crippen LogP contribution is -2.25. The molecule has 0 rings (SSSR count). The van der Waals surface area contributed by atoms with Crippen LogP contribution in [0.3, 0.4) is 0 Å². The smallest absolute Gasteiger partial charge is 0.233 e. The second-order valence-electron chi connectivity index (χ2n) is 2.87. The van der Waals surface area contributed by atoms with Crippen molar-refractivity contribution in [2.45, 2.75) is 32.7 Å². The van der Waals surface area contributed by atoms with Crippen LogP contribution in [-0.4, -0.2) is 18.5 Å². The number of carbonyl (C=O) groups is 1. The van der Waals surface area contributed by atoms with E-state index in [0.29, 0.717) is 12.5 Å². The van der Waals surface area contributed by atoms with Gasteiger partial charge in [0, 0.05) is 12.5 Å². The highest BCUT2D eigenvalue weighted by molar-refractivity contribution is 5.77. The average molecular weight is 169 g/mol. The van der Waals surface area contributed by atoms with E-state index in [1.807, 2.05) is 0 Å². The molecule has 0 fully saturated rings. The third kappa shape index (κ3) is 7.03. The minimum atomic E-state index is -0.206. The van der Waals surface area contributed by atoms with E-state index in [9.17, 15) is 4.79 Å². The number of carbonyl (C=O) groups excluding carboxylic acids is 1. The van der Waals surface area contributed by atoms with Crippen molar-refractivity contribution in [1.29, 1.82) is 5.26 Å². The molecule has 1 amide bonds. The van der Waals surface area contributed by atoms with Crippen molar-refractivity contribution >= 4 is 5.91 Å². The highest BCUT2D eigenvalue weighted by atomic mass is 16.1. The number of hydrogen-bond donors (Lipinski definition) is 2. The summed E-state index contributed by atoms with van der Waals surface area (Å²) in [6.45, 7) is 4.92. The van der Waals surface area contributed by atoms with Gasteiger partial charge in [-0.2, -0.15) is 5.26 Å². The van der Waals surface area contributed by atoms with Gasteiger partial charge in [0.1, 0.15) is 0 Å². The maximum Gasteiger partial charge on any atom is 0.233 e. The first-order valence-electron chi connectivity index (χ1n) is 4.08. The van der Waals surface area contributed by atoms with Gasteiger partial charge >= 0.3 is 0 Å². The summed E-state index contributed by atoms with van der Waals surface area (Å²) in [6.07, 6.45) is 2.78. The van der Waals surface area contributed by atoms with Gasteiger partial charge in [0.25, 0.3) is 0 Å². The van der Waals surface area contributed by atoms with Gasteiger partial charge in [-0.05, 0) is 13.0 Å². The first-order valence-corrected chi connectivity index (χ1v) is 4.08. The van der Waals surface area contributed by atoms with Gasteiger partial charge in [0.05, 0.1) is 0 Å². The minimum Gasteiger partial charge on any atom is -0.315 e. The standard InChI is InChI=1S/C8H15N3O/c1-7(2)10-5-3-4-8(12)11-6-9/h7,10H,3-5H2,1-2H3,(H,11,12). The molecule has 4 nitrogen and oxygen atoms in total. The van der Waals surface area contributed by atoms with Gasteiger partial charge in [-0.25, -0.2) is 0 Å². The van der Waals surface area contributed by atoms with Crippen LogP contribution in [0.2, 0.25) is 0 Å². The second-order valence-corrected chi connectivity index (χ2v) is 2.87. The molecule has 68 valence electrons. The number of rotatable bonds is 5. The third-order valence-electron chi connectivity index (χ3n) is 1.33. The summed E-state index contributed by atoms with van der Waals surface area (Å²) in [5.41, 5.74) is 0. The summed E-state index contributed by atoms with van der Waals surface area (Å²) in [5, 5.41) is 13.3. The van der Waals surface area contributed by atoms with Crippen LogP contribution in [0, 0.1) is 11.5 Å². The van der Waals surface area contributed by atoms with Gasteiger partial charge in [-0.1, -0.05) is 13.8 Å². The number of nitriles is 1. The Hall–Kier alpha value is -1.08. The highest BCUT2D eigenvalue weighted by Crippen LogP contribution is 1.87. The van der Waals surface area contributed by atoms with Gasteiger partial charge in [0.2, 0.25) is 5.91 Å². The van der Waals surface area contributed by atoms with E-state index in [0.717, 1.165) is 13.0 Å². The van der Waals surface area contributed by atoms with Crippen LogP contribution >= 0.6 is 0 Å². The van der Waals surface area contributed by atoms with E-state index < -0.39 is 0 Å². The van der Waals surface area contributed by atoms with Crippen LogP contribution in [0.1, 0.15) is 26.7 Å². The molecular weight excluding hydrogens is 154 g/mol. The molecule has 0 aromatic carbocycles. The summed E-state index contributed by atoms with van der Waals surface area (Å²) in [4.78, 5) is 10.7. The summed E-state index contributed by atoms with van der Waals surface area (Å²) in [7, 11) is 0. The number of nitrogens with zero attached hydrogens (tertiary/aromatic N) is 1. The zero-order valence-electron chi connectivity index (χ0n) is 7.55. The Morgan fingerprint density at radius 3 is 2.75 bits per heavy atom. The van der Waals surface area contributed by atoms with Crippen molar-refractivity contribution in [2.24, 2.45) is 0 Å². The van der Waals surface area contributed by atoms with Crippen molar-refractivity contribution in [2.75, 3.05) is 6.54 Å². The fourth-order valence-electron chi connectivity index (χ4n) is 0.765. The predicted molar refractivity (Wildman–Crippen MR) is 46.1 cm³/mol. The maximum absolute atomic E-state index is 10.7. The van der Waals surface area contributed by atoms with Gasteiger partial charge in [0.15, 0.2) is 6.19 Å². The maximum atomic E-state index is 10.7. The molecule has 4 heteroatoms. The van der Waals surface area contributed by atoms with Crippen LogP contribution in [0.5, 0.6) is 0 Å². The Balaban J connectivity index is 3.21. The zero-order chi connectivity index (χ0) is 9.40. The topological polar surface area (TPSA) is 64.9 Å². The molecule has 0 spiro atoms. The Labute approximate surface area is 72.9 Å². The van der Waals surface area contributed by atoms with Crippen molar-refractivity contribution in [3.63, 3.8) is 0 Å². The summed E-state index contributed by atoms with van der Waals surface area (Å²) < 4.78 is 0. The summed E-state index contributed by atoms with van der Waals surface area (Å²) in [6, 6.07) is 0.448. The Bertz CT molecular complexity index is 172. The largest absolute Gasteiger partial charge is 0.315 e. The molecule has 0 aromatic rings. The quantitative estimate of drug-likeness (QED) is 0.355. The molecule has 0 aliphatic rings. The average Bonchev–Trinajstić information content (AvgIpc) is 1.98. The van der Waals surface area contributed by atoms with Gasteiger partial charge in [-0.15, -0.1) is 0 Å². The second kappa shape index (κ2) is 6.62. The molecule has 12 heavy (non-hydrogen) atoms. The molecule has 0 saturated carbocycles. The number of amides is 1. The lowest BCUT2D eigenvalue weighted by atomic mass is 10.3. The molecule has 0 aromatic heterocycles.